The van der Waals surface area contributed by atoms with Crippen LogP contribution in [0.2, 0.25) is 0 Å². The van der Waals surface area contributed by atoms with Gasteiger partial charge in [0.15, 0.2) is 0 Å². The molecule has 1 aromatic carbocycles. The molecule has 7 nitrogen and oxygen atoms in total. The minimum atomic E-state index is -4.73. The number of carbonyl (C=O) groups is 2. The van der Waals surface area contributed by atoms with Crippen molar-refractivity contribution < 1.29 is 32.7 Å². The second-order valence-corrected chi connectivity index (χ2v) is 7.93. The number of hydrogen-bond donors (Lipinski definition) is 2. The molecule has 2 atom stereocenters. The Morgan fingerprint density at radius 1 is 1.23 bits per heavy atom. The number of rotatable bonds is 7. The average Bonchev–Trinajstić information content (AvgIpc) is 2.65. The second kappa shape index (κ2) is 10.0. The number of carbonyl (C=O) groups excluding carboxylic acids is 2. The number of ether oxygens (including phenoxy) is 1. The monoisotopic (exact) mass is 431 g/mol. The molecule has 1 saturated heterocycles. The standard InChI is InChI=1S/C20H28F3N3O4/c1-13(2)10-15(11-18(27)24-29)19(28)26-9-8-25(12-14(26)3)16-4-6-17(7-5-16)30-20(21,22)23/h4-7,13-15,29H,8-12H2,1-3H3,(H,24,27)/t14-,15+/m1/s1. The van der Waals surface area contributed by atoms with Gasteiger partial charge in [-0.1, -0.05) is 13.8 Å². The molecule has 0 saturated carbocycles. The van der Waals surface area contributed by atoms with Crippen molar-refractivity contribution in [1.82, 2.24) is 10.4 Å². The highest BCUT2D eigenvalue weighted by Crippen LogP contribution is 2.27. The Morgan fingerprint density at radius 3 is 2.37 bits per heavy atom. The van der Waals surface area contributed by atoms with Crippen molar-refractivity contribution >= 4 is 17.5 Å². The zero-order valence-electron chi connectivity index (χ0n) is 17.3. The van der Waals surface area contributed by atoms with Crippen LogP contribution in [-0.4, -0.2) is 54.0 Å². The van der Waals surface area contributed by atoms with E-state index in [1.807, 2.05) is 25.7 Å². The number of amides is 2. The SMILES string of the molecule is CC(C)C[C@@H](CC(=O)NO)C(=O)N1CCN(c2ccc(OC(F)(F)F)cc2)C[C@H]1C. The number of anilines is 1. The molecular weight excluding hydrogens is 403 g/mol. The van der Waals surface area contributed by atoms with E-state index in [2.05, 4.69) is 4.74 Å². The van der Waals surface area contributed by atoms with Crippen LogP contribution in [0, 0.1) is 11.8 Å². The maximum Gasteiger partial charge on any atom is 0.573 e. The number of hydroxylamine groups is 1. The first-order chi connectivity index (χ1) is 14.0. The van der Waals surface area contributed by atoms with E-state index in [4.69, 9.17) is 5.21 Å². The van der Waals surface area contributed by atoms with Gasteiger partial charge in [0, 0.05) is 43.7 Å². The van der Waals surface area contributed by atoms with E-state index < -0.39 is 18.2 Å². The lowest BCUT2D eigenvalue weighted by atomic mass is 9.91. The van der Waals surface area contributed by atoms with E-state index in [0.717, 1.165) is 5.69 Å². The molecule has 2 rings (SSSR count). The van der Waals surface area contributed by atoms with Crippen LogP contribution in [0.25, 0.3) is 0 Å². The Kier molecular flexibility index (Phi) is 7.94. The first kappa shape index (κ1) is 23.8. The largest absolute Gasteiger partial charge is 0.573 e. The van der Waals surface area contributed by atoms with Gasteiger partial charge in [-0.3, -0.25) is 14.8 Å². The van der Waals surface area contributed by atoms with Crippen LogP contribution < -0.4 is 15.1 Å². The number of nitrogens with one attached hydrogen (secondary N) is 1. The predicted molar refractivity (Wildman–Crippen MR) is 104 cm³/mol. The minimum Gasteiger partial charge on any atom is -0.406 e. The molecule has 2 N–H and O–H groups in total. The minimum absolute atomic E-state index is 0.0822. The lowest BCUT2D eigenvalue weighted by Gasteiger charge is -2.42. The fraction of sp³-hybridized carbons (Fsp3) is 0.600. The van der Waals surface area contributed by atoms with Crippen LogP contribution in [0.3, 0.4) is 0 Å². The maximum absolute atomic E-state index is 13.0. The summed E-state index contributed by atoms with van der Waals surface area (Å²) in [4.78, 5) is 28.4. The second-order valence-electron chi connectivity index (χ2n) is 7.93. The highest BCUT2D eigenvalue weighted by atomic mass is 19.4. The summed E-state index contributed by atoms with van der Waals surface area (Å²) in [5.41, 5.74) is 2.32. The van der Waals surface area contributed by atoms with Gasteiger partial charge in [0.2, 0.25) is 11.8 Å². The Labute approximate surface area is 173 Å². The van der Waals surface area contributed by atoms with Gasteiger partial charge in [-0.05, 0) is 43.5 Å². The van der Waals surface area contributed by atoms with Gasteiger partial charge >= 0.3 is 6.36 Å². The van der Waals surface area contributed by atoms with Gasteiger partial charge in [0.1, 0.15) is 5.75 Å². The third kappa shape index (κ3) is 6.79. The smallest absolute Gasteiger partial charge is 0.406 e. The van der Waals surface area contributed by atoms with E-state index in [1.54, 1.807) is 22.5 Å². The predicted octanol–water partition coefficient (Wildman–Crippen LogP) is 3.18. The van der Waals surface area contributed by atoms with E-state index in [-0.39, 0.29) is 30.0 Å². The number of halogens is 3. The van der Waals surface area contributed by atoms with E-state index in [1.165, 1.54) is 12.1 Å². The van der Waals surface area contributed by atoms with E-state index >= 15 is 0 Å². The molecule has 0 unspecified atom stereocenters. The summed E-state index contributed by atoms with van der Waals surface area (Å²) in [7, 11) is 0. The summed E-state index contributed by atoms with van der Waals surface area (Å²) < 4.78 is 40.8. The maximum atomic E-state index is 13.0. The molecule has 0 spiro atoms. The molecule has 0 radical (unpaired) electrons. The Hall–Kier alpha value is -2.49. The van der Waals surface area contributed by atoms with E-state index in [0.29, 0.717) is 26.1 Å². The quantitative estimate of drug-likeness (QED) is 0.512. The molecular formula is C20H28F3N3O4. The van der Waals surface area contributed by atoms with Gasteiger partial charge < -0.3 is 14.5 Å². The number of benzene rings is 1. The fourth-order valence-corrected chi connectivity index (χ4v) is 3.72. The molecule has 1 heterocycles. The van der Waals surface area contributed by atoms with Gasteiger partial charge in [-0.25, -0.2) is 5.48 Å². The summed E-state index contributed by atoms with van der Waals surface area (Å²) >= 11 is 0. The first-order valence-corrected chi connectivity index (χ1v) is 9.84. The third-order valence-corrected chi connectivity index (χ3v) is 5.01. The Bertz CT molecular complexity index is 725. The van der Waals surface area contributed by atoms with Crippen LogP contribution in [0.4, 0.5) is 18.9 Å². The normalized spacial score (nSPS) is 18.3. The highest BCUT2D eigenvalue weighted by Gasteiger charge is 2.34. The summed E-state index contributed by atoms with van der Waals surface area (Å²) in [5.74, 6) is -1.33. The molecule has 1 aliphatic rings. The third-order valence-electron chi connectivity index (χ3n) is 5.01. The first-order valence-electron chi connectivity index (χ1n) is 9.84. The topological polar surface area (TPSA) is 82.1 Å². The number of alkyl halides is 3. The van der Waals surface area contributed by atoms with Gasteiger partial charge in [-0.2, -0.15) is 0 Å². The summed E-state index contributed by atoms with van der Waals surface area (Å²) in [6, 6.07) is 5.48. The van der Waals surface area contributed by atoms with E-state index in [9.17, 15) is 22.8 Å². The highest BCUT2D eigenvalue weighted by molar-refractivity contribution is 5.85. The number of nitrogens with zero attached hydrogens (tertiary/aromatic N) is 2. The van der Waals surface area contributed by atoms with Crippen molar-refractivity contribution in [3.8, 4) is 5.75 Å². The average molecular weight is 431 g/mol. The van der Waals surface area contributed by atoms with Crippen molar-refractivity contribution in [2.24, 2.45) is 11.8 Å². The lowest BCUT2D eigenvalue weighted by Crippen LogP contribution is -2.55. The van der Waals surface area contributed by atoms with Crippen molar-refractivity contribution in [3.05, 3.63) is 24.3 Å². The molecule has 10 heteroatoms. The van der Waals surface area contributed by atoms with Crippen LogP contribution in [0.5, 0.6) is 5.75 Å². The lowest BCUT2D eigenvalue weighted by molar-refractivity contribution is -0.274. The van der Waals surface area contributed by atoms with Crippen molar-refractivity contribution in [2.45, 2.75) is 46.0 Å². The molecule has 30 heavy (non-hydrogen) atoms. The summed E-state index contributed by atoms with van der Waals surface area (Å²) in [6.07, 6.45) is -4.29. The molecule has 168 valence electrons. The molecule has 2 amide bonds. The zero-order chi connectivity index (χ0) is 22.5. The molecule has 1 aliphatic heterocycles. The Balaban J connectivity index is 2.02. The number of piperazine rings is 1. The van der Waals surface area contributed by atoms with Crippen LogP contribution in [0.1, 0.15) is 33.6 Å². The molecule has 1 aromatic rings. The van der Waals surface area contributed by atoms with Crippen LogP contribution in [0.15, 0.2) is 24.3 Å². The van der Waals surface area contributed by atoms with Crippen LogP contribution >= 0.6 is 0 Å². The molecule has 1 fully saturated rings. The van der Waals surface area contributed by atoms with Crippen molar-refractivity contribution in [1.29, 1.82) is 0 Å². The summed E-state index contributed by atoms with van der Waals surface area (Å²) in [6.45, 7) is 7.26. The van der Waals surface area contributed by atoms with Gasteiger partial charge in [0.25, 0.3) is 0 Å². The molecule has 0 aromatic heterocycles. The van der Waals surface area contributed by atoms with Gasteiger partial charge in [0.05, 0.1) is 0 Å². The number of hydrogen-bond acceptors (Lipinski definition) is 5. The zero-order valence-corrected chi connectivity index (χ0v) is 17.3. The van der Waals surface area contributed by atoms with Crippen LogP contribution in [-0.2, 0) is 9.59 Å². The molecule has 0 bridgehead atoms. The van der Waals surface area contributed by atoms with Crippen molar-refractivity contribution in [2.75, 3.05) is 24.5 Å². The Morgan fingerprint density at radius 2 is 1.87 bits per heavy atom. The van der Waals surface area contributed by atoms with Crippen molar-refractivity contribution in [3.63, 3.8) is 0 Å². The van der Waals surface area contributed by atoms with Gasteiger partial charge in [-0.15, -0.1) is 13.2 Å². The summed E-state index contributed by atoms with van der Waals surface area (Å²) in [5, 5.41) is 8.80. The molecule has 0 aliphatic carbocycles. The fourth-order valence-electron chi connectivity index (χ4n) is 3.72.